The second-order valence-corrected chi connectivity index (χ2v) is 6.52. The zero-order valence-electron chi connectivity index (χ0n) is 13.1. The van der Waals surface area contributed by atoms with Crippen LogP contribution in [0.15, 0.2) is 18.5 Å². The summed E-state index contributed by atoms with van der Waals surface area (Å²) >= 11 is 0. The first-order chi connectivity index (χ1) is 11.3. The van der Waals surface area contributed by atoms with Gasteiger partial charge in [-0.25, -0.2) is 9.50 Å². The molecule has 0 radical (unpaired) electrons. The number of alkyl halides is 3. The van der Waals surface area contributed by atoms with Crippen LogP contribution in [0.2, 0.25) is 0 Å². The lowest BCUT2D eigenvalue weighted by atomic mass is 9.96. The molecule has 4 rings (SSSR count). The first-order valence-corrected chi connectivity index (χ1v) is 7.45. The molecule has 1 aliphatic carbocycles. The van der Waals surface area contributed by atoms with Crippen LogP contribution in [0.1, 0.15) is 12.1 Å². The SMILES string of the molecule is COC(=O)C12CN(c3ccc4ncnn4c3C)CC1(C(F)(F)F)C2. The van der Waals surface area contributed by atoms with Gasteiger partial charge in [0, 0.05) is 13.1 Å². The molecule has 1 saturated carbocycles. The normalized spacial score (nSPS) is 29.0. The smallest absolute Gasteiger partial charge is 0.397 e. The number of aryl methyl sites for hydroxylation is 1. The quantitative estimate of drug-likeness (QED) is 0.783. The minimum atomic E-state index is -4.46. The summed E-state index contributed by atoms with van der Waals surface area (Å²) in [5, 5.41) is 4.08. The summed E-state index contributed by atoms with van der Waals surface area (Å²) in [5.74, 6) is -0.790. The van der Waals surface area contributed by atoms with E-state index < -0.39 is 23.0 Å². The van der Waals surface area contributed by atoms with Crippen molar-refractivity contribution in [1.29, 1.82) is 0 Å². The summed E-state index contributed by atoms with van der Waals surface area (Å²) in [6, 6.07) is 3.42. The van der Waals surface area contributed by atoms with E-state index in [9.17, 15) is 18.0 Å². The maximum Gasteiger partial charge on any atom is 0.397 e. The van der Waals surface area contributed by atoms with E-state index >= 15 is 0 Å². The van der Waals surface area contributed by atoms with Crippen molar-refractivity contribution in [3.63, 3.8) is 0 Å². The third kappa shape index (κ3) is 1.64. The predicted octanol–water partition coefficient (Wildman–Crippen LogP) is 1.97. The van der Waals surface area contributed by atoms with Crippen molar-refractivity contribution in [3.05, 3.63) is 24.2 Å². The summed E-state index contributed by atoms with van der Waals surface area (Å²) < 4.78 is 47.2. The average molecular weight is 340 g/mol. The van der Waals surface area contributed by atoms with E-state index in [1.165, 1.54) is 6.33 Å². The molecule has 128 valence electrons. The summed E-state index contributed by atoms with van der Waals surface area (Å²) in [5.41, 5.74) is -1.62. The zero-order chi connectivity index (χ0) is 17.3. The molecule has 2 fully saturated rings. The molecule has 6 nitrogen and oxygen atoms in total. The average Bonchev–Trinajstić information content (AvgIpc) is 2.88. The number of piperidine rings is 1. The maximum atomic E-state index is 13.7. The van der Waals surface area contributed by atoms with Crippen LogP contribution in [0.3, 0.4) is 0 Å². The fourth-order valence-electron chi connectivity index (χ4n) is 4.09. The summed E-state index contributed by atoms with van der Waals surface area (Å²) in [6.07, 6.45) is -3.28. The van der Waals surface area contributed by atoms with Gasteiger partial charge in [-0.1, -0.05) is 0 Å². The first-order valence-electron chi connectivity index (χ1n) is 7.45. The van der Waals surface area contributed by atoms with Crippen LogP contribution in [0.4, 0.5) is 18.9 Å². The largest absolute Gasteiger partial charge is 0.469 e. The number of anilines is 1. The van der Waals surface area contributed by atoms with E-state index in [4.69, 9.17) is 0 Å². The van der Waals surface area contributed by atoms with Gasteiger partial charge in [0.05, 0.1) is 18.5 Å². The van der Waals surface area contributed by atoms with E-state index in [0.29, 0.717) is 17.0 Å². The van der Waals surface area contributed by atoms with Crippen LogP contribution in [0.5, 0.6) is 0 Å². The van der Waals surface area contributed by atoms with Gasteiger partial charge in [-0.2, -0.15) is 18.3 Å². The van der Waals surface area contributed by atoms with Crippen molar-refractivity contribution >= 4 is 17.3 Å². The van der Waals surface area contributed by atoms with Crippen molar-refractivity contribution in [1.82, 2.24) is 14.6 Å². The molecule has 2 unspecified atom stereocenters. The summed E-state index contributed by atoms with van der Waals surface area (Å²) in [7, 11) is 1.13. The zero-order valence-corrected chi connectivity index (χ0v) is 13.1. The Hall–Kier alpha value is -2.32. The van der Waals surface area contributed by atoms with Crippen LogP contribution in [0.25, 0.3) is 5.65 Å². The molecule has 2 aromatic heterocycles. The minimum absolute atomic E-state index is 0.0137. The lowest BCUT2D eigenvalue weighted by Crippen LogP contribution is -2.35. The number of ether oxygens (including phenoxy) is 1. The van der Waals surface area contributed by atoms with Gasteiger partial charge in [0.1, 0.15) is 17.2 Å². The molecule has 2 atom stereocenters. The number of nitrogens with zero attached hydrogens (tertiary/aromatic N) is 4. The Labute approximate surface area is 135 Å². The van der Waals surface area contributed by atoms with Crippen LogP contribution >= 0.6 is 0 Å². The highest BCUT2D eigenvalue weighted by atomic mass is 19.4. The molecular formula is C15H15F3N4O2. The Bertz CT molecular complexity index is 849. The highest BCUT2D eigenvalue weighted by Crippen LogP contribution is 2.75. The van der Waals surface area contributed by atoms with Gasteiger partial charge in [0.2, 0.25) is 0 Å². The lowest BCUT2D eigenvalue weighted by molar-refractivity contribution is -0.195. The molecule has 2 aromatic rings. The molecule has 0 aromatic carbocycles. The van der Waals surface area contributed by atoms with Crippen molar-refractivity contribution < 1.29 is 22.7 Å². The van der Waals surface area contributed by atoms with Gasteiger partial charge in [-0.05, 0) is 25.5 Å². The predicted molar refractivity (Wildman–Crippen MR) is 77.5 cm³/mol. The number of hydrogen-bond acceptors (Lipinski definition) is 5. The van der Waals surface area contributed by atoms with E-state index in [1.54, 1.807) is 28.5 Å². The molecule has 0 spiro atoms. The Morgan fingerprint density at radius 3 is 2.75 bits per heavy atom. The molecule has 24 heavy (non-hydrogen) atoms. The molecule has 0 amide bonds. The topological polar surface area (TPSA) is 59.7 Å². The van der Waals surface area contributed by atoms with Crippen molar-refractivity contribution in [3.8, 4) is 0 Å². The maximum absolute atomic E-state index is 13.7. The number of pyridine rings is 1. The molecule has 3 heterocycles. The van der Waals surface area contributed by atoms with Crippen LogP contribution in [-0.4, -0.2) is 46.9 Å². The molecule has 0 bridgehead atoms. The Balaban J connectivity index is 1.76. The number of hydrogen-bond donors (Lipinski definition) is 0. The number of rotatable bonds is 2. The van der Waals surface area contributed by atoms with E-state index in [-0.39, 0.29) is 19.5 Å². The summed E-state index contributed by atoms with van der Waals surface area (Å²) in [4.78, 5) is 17.7. The van der Waals surface area contributed by atoms with Crippen molar-refractivity contribution in [2.24, 2.45) is 10.8 Å². The van der Waals surface area contributed by atoms with Crippen LogP contribution < -0.4 is 4.90 Å². The number of aromatic nitrogens is 3. The highest BCUT2D eigenvalue weighted by Gasteiger charge is 2.87. The molecule has 1 saturated heterocycles. The van der Waals surface area contributed by atoms with Gasteiger partial charge >= 0.3 is 12.1 Å². The Kier molecular flexibility index (Phi) is 2.79. The molecular weight excluding hydrogens is 325 g/mol. The Morgan fingerprint density at radius 1 is 1.33 bits per heavy atom. The molecule has 9 heteroatoms. The summed E-state index contributed by atoms with van der Waals surface area (Å²) in [6.45, 7) is 1.50. The number of esters is 1. The first kappa shape index (κ1) is 15.2. The monoisotopic (exact) mass is 340 g/mol. The van der Waals surface area contributed by atoms with Crippen molar-refractivity contribution in [2.75, 3.05) is 25.1 Å². The fraction of sp³-hybridized carbons (Fsp3) is 0.533. The highest BCUT2D eigenvalue weighted by molar-refractivity contribution is 5.85. The number of fused-ring (bicyclic) bond motifs is 2. The molecule has 2 aliphatic rings. The number of carbonyl (C=O) groups excluding carboxylic acids is 1. The van der Waals surface area contributed by atoms with Crippen molar-refractivity contribution in [2.45, 2.75) is 19.5 Å². The second kappa shape index (κ2) is 4.40. The van der Waals surface area contributed by atoms with Gasteiger partial charge in [-0.3, -0.25) is 4.79 Å². The van der Waals surface area contributed by atoms with E-state index in [1.807, 2.05) is 0 Å². The second-order valence-electron chi connectivity index (χ2n) is 6.52. The van der Waals surface area contributed by atoms with Gasteiger partial charge in [-0.15, -0.1) is 0 Å². The number of carbonyl (C=O) groups is 1. The van der Waals surface area contributed by atoms with Gasteiger partial charge in [0.15, 0.2) is 5.65 Å². The van der Waals surface area contributed by atoms with Gasteiger partial charge in [0.25, 0.3) is 0 Å². The third-order valence-electron chi connectivity index (χ3n) is 5.43. The van der Waals surface area contributed by atoms with Gasteiger partial charge < -0.3 is 9.64 Å². The molecule has 0 N–H and O–H groups in total. The standard InChI is InChI=1S/C15H15F3N4O2/c1-9-10(3-4-11-19-8-20-22(9)11)21-6-13(12(23)24-2)5-14(13,7-21)15(16,17)18/h3-4,8H,5-7H2,1-2H3. The van der Waals surface area contributed by atoms with E-state index in [2.05, 4.69) is 14.8 Å². The van der Waals surface area contributed by atoms with Crippen LogP contribution in [-0.2, 0) is 9.53 Å². The Morgan fingerprint density at radius 2 is 2.08 bits per heavy atom. The number of methoxy groups -OCH3 is 1. The molecule has 1 aliphatic heterocycles. The fourth-order valence-corrected chi connectivity index (χ4v) is 4.09. The number of halogens is 3. The lowest BCUT2D eigenvalue weighted by Gasteiger charge is -2.25. The minimum Gasteiger partial charge on any atom is -0.469 e. The van der Waals surface area contributed by atoms with Crippen LogP contribution in [0, 0.1) is 17.8 Å². The van der Waals surface area contributed by atoms with E-state index in [0.717, 1.165) is 7.11 Å². The third-order valence-corrected chi connectivity index (χ3v) is 5.43.